The highest BCUT2D eigenvalue weighted by Crippen LogP contribution is 2.22. The van der Waals surface area contributed by atoms with Gasteiger partial charge in [0.1, 0.15) is 0 Å². The van der Waals surface area contributed by atoms with E-state index in [2.05, 4.69) is 44.3 Å². The summed E-state index contributed by atoms with van der Waals surface area (Å²) >= 11 is 0. The van der Waals surface area contributed by atoms with Crippen LogP contribution in [-0.4, -0.2) is 19.3 Å². The minimum Gasteiger partial charge on any atom is -0.375 e. The zero-order chi connectivity index (χ0) is 10.8. The predicted molar refractivity (Wildman–Crippen MR) is 62.1 cm³/mol. The number of hydrogen-bond donors (Lipinski definition) is 1. The van der Waals surface area contributed by atoms with Gasteiger partial charge in [0.2, 0.25) is 0 Å². The average molecular weight is 205 g/mol. The van der Waals surface area contributed by atoms with Gasteiger partial charge in [-0.15, -0.1) is 0 Å². The van der Waals surface area contributed by atoms with Gasteiger partial charge < -0.3 is 10.1 Å². The Kier molecular flexibility index (Phi) is 3.08. The number of nitrogens with one attached hydrogen (secondary N) is 1. The molecule has 2 unspecified atom stereocenters. The summed E-state index contributed by atoms with van der Waals surface area (Å²) in [6.45, 7) is 8.12. The summed E-state index contributed by atoms with van der Waals surface area (Å²) in [7, 11) is 0. The fourth-order valence-corrected chi connectivity index (χ4v) is 2.02. The van der Waals surface area contributed by atoms with Gasteiger partial charge in [0.05, 0.1) is 18.8 Å². The van der Waals surface area contributed by atoms with Crippen molar-refractivity contribution in [3.63, 3.8) is 0 Å². The average Bonchev–Trinajstić information content (AvgIpc) is 2.23. The lowest BCUT2D eigenvalue weighted by atomic mass is 9.98. The highest BCUT2D eigenvalue weighted by atomic mass is 16.5. The van der Waals surface area contributed by atoms with Crippen molar-refractivity contribution >= 4 is 0 Å². The molecule has 0 aromatic heterocycles. The Morgan fingerprint density at radius 1 is 1.33 bits per heavy atom. The van der Waals surface area contributed by atoms with Crippen LogP contribution in [0, 0.1) is 13.8 Å². The largest absolute Gasteiger partial charge is 0.375 e. The van der Waals surface area contributed by atoms with E-state index >= 15 is 0 Å². The molecule has 1 saturated heterocycles. The minimum absolute atomic E-state index is 0.339. The number of aryl methyl sites for hydroxylation is 2. The standard InChI is InChI=1S/C13H19NO/c1-9-4-5-10(2)12(6-9)13-8-15-11(3)7-14-13/h4-6,11,13-14H,7-8H2,1-3H3. The molecule has 0 saturated carbocycles. The van der Waals surface area contributed by atoms with Crippen molar-refractivity contribution in [1.29, 1.82) is 0 Å². The highest BCUT2D eigenvalue weighted by molar-refractivity contribution is 5.33. The van der Waals surface area contributed by atoms with E-state index in [4.69, 9.17) is 4.74 Å². The zero-order valence-corrected chi connectivity index (χ0v) is 9.71. The lowest BCUT2D eigenvalue weighted by Gasteiger charge is -2.29. The molecule has 0 spiro atoms. The molecule has 1 aromatic rings. The summed E-state index contributed by atoms with van der Waals surface area (Å²) in [6, 6.07) is 6.96. The van der Waals surface area contributed by atoms with Crippen LogP contribution in [0.2, 0.25) is 0 Å². The first-order valence-corrected chi connectivity index (χ1v) is 5.59. The Labute approximate surface area is 91.6 Å². The van der Waals surface area contributed by atoms with Gasteiger partial charge in [0.15, 0.2) is 0 Å². The van der Waals surface area contributed by atoms with E-state index in [1.54, 1.807) is 0 Å². The fraction of sp³-hybridized carbons (Fsp3) is 0.538. The lowest BCUT2D eigenvalue weighted by Crippen LogP contribution is -2.39. The molecule has 2 rings (SSSR count). The third-order valence-corrected chi connectivity index (χ3v) is 3.01. The van der Waals surface area contributed by atoms with Crippen molar-refractivity contribution in [3.8, 4) is 0 Å². The van der Waals surface area contributed by atoms with Crippen molar-refractivity contribution in [2.45, 2.75) is 32.9 Å². The van der Waals surface area contributed by atoms with E-state index in [9.17, 15) is 0 Å². The second-order valence-electron chi connectivity index (χ2n) is 4.46. The Balaban J connectivity index is 2.18. The van der Waals surface area contributed by atoms with E-state index in [1.165, 1.54) is 16.7 Å². The van der Waals surface area contributed by atoms with Crippen molar-refractivity contribution in [1.82, 2.24) is 5.32 Å². The SMILES string of the molecule is Cc1ccc(C)c(C2COC(C)CN2)c1. The Morgan fingerprint density at radius 3 is 2.80 bits per heavy atom. The molecule has 1 N–H and O–H groups in total. The summed E-state index contributed by atoms with van der Waals surface area (Å²) in [4.78, 5) is 0. The highest BCUT2D eigenvalue weighted by Gasteiger charge is 2.20. The van der Waals surface area contributed by atoms with Crippen LogP contribution < -0.4 is 5.32 Å². The predicted octanol–water partition coefficient (Wildman–Crippen LogP) is 2.35. The molecular weight excluding hydrogens is 186 g/mol. The van der Waals surface area contributed by atoms with Crippen molar-refractivity contribution in [3.05, 3.63) is 34.9 Å². The van der Waals surface area contributed by atoms with Crippen LogP contribution in [0.3, 0.4) is 0 Å². The molecule has 0 amide bonds. The van der Waals surface area contributed by atoms with Crippen LogP contribution in [-0.2, 0) is 4.74 Å². The van der Waals surface area contributed by atoms with Gasteiger partial charge in [-0.25, -0.2) is 0 Å². The molecule has 82 valence electrons. The van der Waals surface area contributed by atoms with E-state index in [0.29, 0.717) is 12.1 Å². The van der Waals surface area contributed by atoms with E-state index in [1.807, 2.05) is 0 Å². The second-order valence-corrected chi connectivity index (χ2v) is 4.46. The summed E-state index contributed by atoms with van der Waals surface area (Å²) in [5.74, 6) is 0. The molecule has 1 aromatic carbocycles. The maximum atomic E-state index is 5.68. The number of morpholine rings is 1. The molecule has 2 nitrogen and oxygen atoms in total. The smallest absolute Gasteiger partial charge is 0.0672 e. The van der Waals surface area contributed by atoms with E-state index in [0.717, 1.165) is 13.2 Å². The van der Waals surface area contributed by atoms with Gasteiger partial charge in [0.25, 0.3) is 0 Å². The van der Waals surface area contributed by atoms with E-state index < -0.39 is 0 Å². The van der Waals surface area contributed by atoms with Gasteiger partial charge in [0, 0.05) is 6.54 Å². The first-order valence-electron chi connectivity index (χ1n) is 5.59. The van der Waals surface area contributed by atoms with Crippen LogP contribution in [0.4, 0.5) is 0 Å². The molecule has 0 radical (unpaired) electrons. The first kappa shape index (κ1) is 10.7. The molecule has 1 aliphatic heterocycles. The monoisotopic (exact) mass is 205 g/mol. The number of rotatable bonds is 1. The number of benzene rings is 1. The van der Waals surface area contributed by atoms with Crippen LogP contribution in [0.5, 0.6) is 0 Å². The summed E-state index contributed by atoms with van der Waals surface area (Å²) in [5, 5.41) is 3.53. The molecule has 15 heavy (non-hydrogen) atoms. The molecule has 2 heteroatoms. The van der Waals surface area contributed by atoms with Gasteiger partial charge in [-0.2, -0.15) is 0 Å². The molecular formula is C13H19NO. The fourth-order valence-electron chi connectivity index (χ4n) is 2.02. The topological polar surface area (TPSA) is 21.3 Å². The van der Waals surface area contributed by atoms with Crippen LogP contribution in [0.1, 0.15) is 29.7 Å². The second kappa shape index (κ2) is 4.33. The number of hydrogen-bond acceptors (Lipinski definition) is 2. The Hall–Kier alpha value is -0.860. The normalized spacial score (nSPS) is 26.6. The Bertz CT molecular complexity index is 340. The van der Waals surface area contributed by atoms with Crippen LogP contribution >= 0.6 is 0 Å². The number of ether oxygens (including phenoxy) is 1. The van der Waals surface area contributed by atoms with Gasteiger partial charge in [-0.3, -0.25) is 0 Å². The summed E-state index contributed by atoms with van der Waals surface area (Å²) in [6.07, 6.45) is 0.339. The lowest BCUT2D eigenvalue weighted by molar-refractivity contribution is 0.0148. The quantitative estimate of drug-likeness (QED) is 0.760. The minimum atomic E-state index is 0.339. The summed E-state index contributed by atoms with van der Waals surface area (Å²) < 4.78 is 5.68. The maximum Gasteiger partial charge on any atom is 0.0672 e. The van der Waals surface area contributed by atoms with Gasteiger partial charge >= 0.3 is 0 Å². The van der Waals surface area contributed by atoms with Crippen molar-refractivity contribution < 1.29 is 4.74 Å². The molecule has 1 fully saturated rings. The van der Waals surface area contributed by atoms with Crippen LogP contribution in [0.15, 0.2) is 18.2 Å². The molecule has 1 heterocycles. The molecule has 1 aliphatic rings. The van der Waals surface area contributed by atoms with Crippen LogP contribution in [0.25, 0.3) is 0 Å². The third-order valence-electron chi connectivity index (χ3n) is 3.01. The van der Waals surface area contributed by atoms with Crippen molar-refractivity contribution in [2.75, 3.05) is 13.2 Å². The third kappa shape index (κ3) is 2.39. The maximum absolute atomic E-state index is 5.68. The Morgan fingerprint density at radius 2 is 2.13 bits per heavy atom. The zero-order valence-electron chi connectivity index (χ0n) is 9.71. The summed E-state index contributed by atoms with van der Waals surface area (Å²) in [5.41, 5.74) is 4.04. The van der Waals surface area contributed by atoms with Gasteiger partial charge in [-0.05, 0) is 31.9 Å². The van der Waals surface area contributed by atoms with E-state index in [-0.39, 0.29) is 0 Å². The molecule has 0 aliphatic carbocycles. The van der Waals surface area contributed by atoms with Gasteiger partial charge in [-0.1, -0.05) is 23.8 Å². The molecule has 0 bridgehead atoms. The van der Waals surface area contributed by atoms with Crippen molar-refractivity contribution in [2.24, 2.45) is 0 Å². The first-order chi connectivity index (χ1) is 7.16. The molecule has 2 atom stereocenters.